The molecule has 124 valence electrons. The molecule has 0 bridgehead atoms. The second-order valence-corrected chi connectivity index (χ2v) is 6.65. The number of rotatable bonds is 5. The molecule has 0 saturated carbocycles. The number of aliphatic imine (C=N–C) groups is 1. The normalized spacial score (nSPS) is 15.7. The predicted octanol–water partition coefficient (Wildman–Crippen LogP) is 4.21. The molecule has 0 unspecified atom stereocenters. The smallest absolute Gasteiger partial charge is 0.127 e. The fourth-order valence-electron chi connectivity index (χ4n) is 2.76. The van der Waals surface area contributed by atoms with Gasteiger partial charge in [-0.15, -0.1) is 0 Å². The molecule has 0 atom stereocenters. The molecular weight excluding hydrogens is 296 g/mol. The van der Waals surface area contributed by atoms with Crippen molar-refractivity contribution >= 4 is 11.9 Å². The van der Waals surface area contributed by atoms with E-state index in [1.54, 1.807) is 0 Å². The van der Waals surface area contributed by atoms with E-state index in [1.165, 1.54) is 5.56 Å². The van der Waals surface area contributed by atoms with Crippen molar-refractivity contribution in [3.05, 3.63) is 71.3 Å². The Kier molecular flexibility index (Phi) is 4.70. The van der Waals surface area contributed by atoms with Crippen molar-refractivity contribution in [1.29, 1.82) is 0 Å². The first kappa shape index (κ1) is 16.3. The Labute approximate surface area is 143 Å². The molecule has 1 aliphatic heterocycles. The summed E-state index contributed by atoms with van der Waals surface area (Å²) < 4.78 is 5.93. The molecular formula is C21H24N2O. The minimum absolute atomic E-state index is 0.258. The molecule has 1 heterocycles. The van der Waals surface area contributed by atoms with Crippen molar-refractivity contribution in [2.45, 2.75) is 32.3 Å². The van der Waals surface area contributed by atoms with Gasteiger partial charge in [0.15, 0.2) is 0 Å². The van der Waals surface area contributed by atoms with E-state index >= 15 is 0 Å². The summed E-state index contributed by atoms with van der Waals surface area (Å²) in [5.74, 6) is 1.48. The van der Waals surface area contributed by atoms with Gasteiger partial charge in [-0.3, -0.25) is 4.99 Å². The zero-order chi connectivity index (χ0) is 17.0. The van der Waals surface area contributed by atoms with Crippen LogP contribution in [0.2, 0.25) is 0 Å². The standard InChI is InChI=1S/C21H24N2O/c1-21(2)13-12-17-15-18(10-11-19(17)24-21)20(22)23-14-6-9-16-7-4-3-5-8-16/h3-5,7-8,10-13,15H,6,9,14H2,1-2H3,(H2,22,23). The molecule has 0 aromatic heterocycles. The van der Waals surface area contributed by atoms with Crippen molar-refractivity contribution in [2.24, 2.45) is 10.7 Å². The maximum absolute atomic E-state index is 6.15. The number of hydrogen-bond donors (Lipinski definition) is 1. The topological polar surface area (TPSA) is 47.6 Å². The largest absolute Gasteiger partial charge is 0.483 e. The molecule has 3 heteroatoms. The lowest BCUT2D eigenvalue weighted by Crippen LogP contribution is -2.27. The van der Waals surface area contributed by atoms with E-state index < -0.39 is 0 Å². The van der Waals surface area contributed by atoms with Gasteiger partial charge in [-0.25, -0.2) is 0 Å². The quantitative estimate of drug-likeness (QED) is 0.509. The number of nitrogens with zero attached hydrogens (tertiary/aromatic N) is 1. The summed E-state index contributed by atoms with van der Waals surface area (Å²) >= 11 is 0. The van der Waals surface area contributed by atoms with Gasteiger partial charge in [-0.1, -0.05) is 36.4 Å². The van der Waals surface area contributed by atoms with E-state index in [-0.39, 0.29) is 5.60 Å². The van der Waals surface area contributed by atoms with Gasteiger partial charge in [0.1, 0.15) is 17.2 Å². The van der Waals surface area contributed by atoms with Gasteiger partial charge in [-0.2, -0.15) is 0 Å². The molecule has 2 N–H and O–H groups in total. The monoisotopic (exact) mass is 320 g/mol. The number of ether oxygens (including phenoxy) is 1. The summed E-state index contributed by atoms with van der Waals surface area (Å²) in [6.07, 6.45) is 6.16. The molecule has 0 fully saturated rings. The van der Waals surface area contributed by atoms with Gasteiger partial charge in [0.05, 0.1) is 0 Å². The first-order chi connectivity index (χ1) is 11.5. The molecule has 2 aromatic carbocycles. The Morgan fingerprint density at radius 1 is 1.12 bits per heavy atom. The highest BCUT2D eigenvalue weighted by Crippen LogP contribution is 2.31. The zero-order valence-electron chi connectivity index (χ0n) is 14.3. The van der Waals surface area contributed by atoms with Crippen LogP contribution in [0.1, 0.15) is 37.0 Å². The van der Waals surface area contributed by atoms with Crippen LogP contribution in [0, 0.1) is 0 Å². The third-order valence-corrected chi connectivity index (χ3v) is 4.09. The van der Waals surface area contributed by atoms with Gasteiger partial charge in [0.2, 0.25) is 0 Å². The van der Waals surface area contributed by atoms with E-state index in [4.69, 9.17) is 10.5 Å². The van der Waals surface area contributed by atoms with Crippen molar-refractivity contribution in [1.82, 2.24) is 0 Å². The molecule has 3 nitrogen and oxygen atoms in total. The number of benzene rings is 2. The Hall–Kier alpha value is -2.55. The van der Waals surface area contributed by atoms with E-state index in [9.17, 15) is 0 Å². The highest BCUT2D eigenvalue weighted by atomic mass is 16.5. The van der Waals surface area contributed by atoms with E-state index in [2.05, 4.69) is 41.4 Å². The molecule has 3 rings (SSSR count). The molecule has 0 radical (unpaired) electrons. The Bertz CT molecular complexity index is 761. The lowest BCUT2D eigenvalue weighted by Gasteiger charge is -2.28. The number of fused-ring (bicyclic) bond motifs is 1. The second kappa shape index (κ2) is 6.91. The molecule has 0 spiro atoms. The molecule has 0 amide bonds. The first-order valence-corrected chi connectivity index (χ1v) is 8.40. The van der Waals surface area contributed by atoms with Crippen LogP contribution in [-0.4, -0.2) is 18.0 Å². The summed E-state index contributed by atoms with van der Waals surface area (Å²) in [6.45, 7) is 4.82. The van der Waals surface area contributed by atoms with Crippen molar-refractivity contribution in [3.8, 4) is 5.75 Å². The number of nitrogens with two attached hydrogens (primary N) is 1. The summed E-state index contributed by atoms with van der Waals surface area (Å²) in [6, 6.07) is 16.4. The van der Waals surface area contributed by atoms with E-state index in [0.29, 0.717) is 5.84 Å². The Balaban J connectivity index is 1.62. The van der Waals surface area contributed by atoms with Crippen LogP contribution in [0.4, 0.5) is 0 Å². The van der Waals surface area contributed by atoms with Crippen LogP contribution in [0.15, 0.2) is 59.6 Å². The Morgan fingerprint density at radius 2 is 1.92 bits per heavy atom. The third-order valence-electron chi connectivity index (χ3n) is 4.09. The lowest BCUT2D eigenvalue weighted by molar-refractivity contribution is 0.159. The van der Waals surface area contributed by atoms with Crippen molar-refractivity contribution < 1.29 is 4.74 Å². The number of amidine groups is 1. The third kappa shape index (κ3) is 4.05. The van der Waals surface area contributed by atoms with Gasteiger partial charge >= 0.3 is 0 Å². The maximum Gasteiger partial charge on any atom is 0.127 e. The average Bonchev–Trinajstić information content (AvgIpc) is 2.58. The molecule has 2 aromatic rings. The first-order valence-electron chi connectivity index (χ1n) is 8.40. The second-order valence-electron chi connectivity index (χ2n) is 6.65. The minimum atomic E-state index is -0.258. The summed E-state index contributed by atoms with van der Waals surface area (Å²) in [7, 11) is 0. The fraction of sp³-hybridized carbons (Fsp3) is 0.286. The van der Waals surface area contributed by atoms with Crippen molar-refractivity contribution in [2.75, 3.05) is 6.54 Å². The number of aryl methyl sites for hydroxylation is 1. The van der Waals surface area contributed by atoms with Crippen LogP contribution in [0.3, 0.4) is 0 Å². The summed E-state index contributed by atoms with van der Waals surface area (Å²) in [5, 5.41) is 0. The highest BCUT2D eigenvalue weighted by molar-refractivity contribution is 5.98. The van der Waals surface area contributed by atoms with Gasteiger partial charge in [0.25, 0.3) is 0 Å². The molecule has 0 aliphatic carbocycles. The zero-order valence-corrected chi connectivity index (χ0v) is 14.3. The summed E-state index contributed by atoms with van der Waals surface area (Å²) in [4.78, 5) is 4.52. The minimum Gasteiger partial charge on any atom is -0.483 e. The highest BCUT2D eigenvalue weighted by Gasteiger charge is 2.21. The van der Waals surface area contributed by atoms with Crippen LogP contribution < -0.4 is 10.5 Å². The van der Waals surface area contributed by atoms with E-state index in [1.807, 2.05) is 38.1 Å². The molecule has 1 aliphatic rings. The fourth-order valence-corrected chi connectivity index (χ4v) is 2.76. The maximum atomic E-state index is 6.15. The lowest BCUT2D eigenvalue weighted by atomic mass is 10.0. The molecule has 0 saturated heterocycles. The van der Waals surface area contributed by atoms with Gasteiger partial charge in [0, 0.05) is 17.7 Å². The average molecular weight is 320 g/mol. The van der Waals surface area contributed by atoms with E-state index in [0.717, 1.165) is 36.3 Å². The molecule has 24 heavy (non-hydrogen) atoms. The van der Waals surface area contributed by atoms with Crippen molar-refractivity contribution in [3.63, 3.8) is 0 Å². The van der Waals surface area contributed by atoms with Gasteiger partial charge in [-0.05, 0) is 56.5 Å². The van der Waals surface area contributed by atoms with Crippen LogP contribution in [-0.2, 0) is 6.42 Å². The number of hydrogen-bond acceptors (Lipinski definition) is 2. The van der Waals surface area contributed by atoms with Gasteiger partial charge < -0.3 is 10.5 Å². The van der Waals surface area contributed by atoms with Crippen LogP contribution >= 0.6 is 0 Å². The summed E-state index contributed by atoms with van der Waals surface area (Å²) in [5.41, 5.74) is 9.22. The SMILES string of the molecule is CC1(C)C=Cc2cc(C(N)=NCCCc3ccccc3)ccc2O1. The van der Waals surface area contributed by atoms with Crippen LogP contribution in [0.25, 0.3) is 6.08 Å². The predicted molar refractivity (Wildman–Crippen MR) is 101 cm³/mol. The van der Waals surface area contributed by atoms with Crippen LogP contribution in [0.5, 0.6) is 5.75 Å². The Morgan fingerprint density at radius 3 is 2.71 bits per heavy atom.